The van der Waals surface area contributed by atoms with Gasteiger partial charge in [0.05, 0.1) is 6.61 Å². The van der Waals surface area contributed by atoms with Crippen molar-refractivity contribution in [3.8, 4) is 0 Å². The van der Waals surface area contributed by atoms with Gasteiger partial charge in [0.1, 0.15) is 0 Å². The normalized spacial score (nSPS) is 13.5. The van der Waals surface area contributed by atoms with Crippen LogP contribution in [-0.2, 0) is 0 Å². The Morgan fingerprint density at radius 3 is 2.29 bits per heavy atom. The Kier molecular flexibility index (Phi) is 9.42. The molecular weight excluding hydrogens is 174 g/mol. The van der Waals surface area contributed by atoms with Gasteiger partial charge in [-0.2, -0.15) is 0 Å². The molecule has 2 heteroatoms. The van der Waals surface area contributed by atoms with Crippen molar-refractivity contribution in [2.45, 2.75) is 58.9 Å². The zero-order valence-corrected chi connectivity index (χ0v) is 10.1. The minimum atomic E-state index is 0.290. The molecule has 0 bridgehead atoms. The van der Waals surface area contributed by atoms with Gasteiger partial charge < -0.3 is 5.11 Å². The first-order valence-electron chi connectivity index (χ1n) is 6.14. The van der Waals surface area contributed by atoms with E-state index in [0.717, 1.165) is 13.1 Å². The van der Waals surface area contributed by atoms with E-state index in [1.165, 1.54) is 32.1 Å². The fraction of sp³-hybridized carbons (Fsp3) is 1.00. The molecule has 0 radical (unpaired) electrons. The molecule has 0 spiro atoms. The fourth-order valence-corrected chi connectivity index (χ4v) is 2.00. The predicted octanol–water partition coefficient (Wildman–Crippen LogP) is 2.66. The topological polar surface area (TPSA) is 23.5 Å². The maximum Gasteiger partial charge on any atom is 0.0558 e. The Hall–Kier alpha value is -0.0800. The summed E-state index contributed by atoms with van der Waals surface area (Å²) in [7, 11) is 0. The van der Waals surface area contributed by atoms with Crippen molar-refractivity contribution in [1.82, 2.24) is 4.90 Å². The van der Waals surface area contributed by atoms with Gasteiger partial charge >= 0.3 is 0 Å². The van der Waals surface area contributed by atoms with Gasteiger partial charge in [-0.25, -0.2) is 0 Å². The molecule has 0 saturated heterocycles. The van der Waals surface area contributed by atoms with Crippen LogP contribution >= 0.6 is 0 Å². The monoisotopic (exact) mass is 201 g/mol. The maximum atomic E-state index is 8.94. The highest BCUT2D eigenvalue weighted by atomic mass is 16.3. The second-order valence-corrected chi connectivity index (χ2v) is 3.91. The SMILES string of the molecule is CCCCCC(CC)N(CC)CCO. The van der Waals surface area contributed by atoms with E-state index in [1.807, 2.05) is 0 Å². The van der Waals surface area contributed by atoms with Crippen molar-refractivity contribution in [3.05, 3.63) is 0 Å². The van der Waals surface area contributed by atoms with Crippen molar-refractivity contribution in [3.63, 3.8) is 0 Å². The van der Waals surface area contributed by atoms with Crippen LogP contribution in [0.15, 0.2) is 0 Å². The zero-order valence-electron chi connectivity index (χ0n) is 10.1. The third-order valence-electron chi connectivity index (χ3n) is 2.92. The Labute approximate surface area is 89.3 Å². The van der Waals surface area contributed by atoms with Crippen molar-refractivity contribution in [2.24, 2.45) is 0 Å². The first-order valence-corrected chi connectivity index (χ1v) is 6.14. The number of unbranched alkanes of at least 4 members (excludes halogenated alkanes) is 2. The van der Waals surface area contributed by atoms with Crippen LogP contribution < -0.4 is 0 Å². The molecule has 1 N–H and O–H groups in total. The highest BCUT2D eigenvalue weighted by Crippen LogP contribution is 2.12. The Morgan fingerprint density at radius 1 is 1.14 bits per heavy atom. The molecule has 0 heterocycles. The van der Waals surface area contributed by atoms with Crippen LogP contribution in [0.25, 0.3) is 0 Å². The minimum absolute atomic E-state index is 0.290. The van der Waals surface area contributed by atoms with E-state index >= 15 is 0 Å². The molecular formula is C12H27NO. The van der Waals surface area contributed by atoms with Crippen LogP contribution in [0.1, 0.15) is 52.9 Å². The number of nitrogens with zero attached hydrogens (tertiary/aromatic N) is 1. The molecule has 0 aliphatic rings. The molecule has 0 aliphatic carbocycles. The highest BCUT2D eigenvalue weighted by molar-refractivity contribution is 4.69. The average Bonchev–Trinajstić information content (AvgIpc) is 2.22. The quantitative estimate of drug-likeness (QED) is 0.580. The van der Waals surface area contributed by atoms with Crippen LogP contribution in [0, 0.1) is 0 Å². The van der Waals surface area contributed by atoms with Gasteiger partial charge in [0, 0.05) is 12.6 Å². The molecule has 0 aromatic carbocycles. The summed E-state index contributed by atoms with van der Waals surface area (Å²) in [5, 5.41) is 8.94. The summed E-state index contributed by atoms with van der Waals surface area (Å²) in [5.41, 5.74) is 0. The molecule has 0 rings (SSSR count). The Bertz CT molecular complexity index is 117. The van der Waals surface area contributed by atoms with Crippen molar-refractivity contribution >= 4 is 0 Å². The van der Waals surface area contributed by atoms with E-state index in [9.17, 15) is 0 Å². The van der Waals surface area contributed by atoms with Gasteiger partial charge in [-0.3, -0.25) is 4.90 Å². The number of aliphatic hydroxyl groups excluding tert-OH is 1. The summed E-state index contributed by atoms with van der Waals surface area (Å²) in [6.07, 6.45) is 6.46. The van der Waals surface area contributed by atoms with Gasteiger partial charge in [-0.15, -0.1) is 0 Å². The number of likely N-dealkylation sites (N-methyl/N-ethyl adjacent to an activating group) is 1. The third kappa shape index (κ3) is 5.61. The van der Waals surface area contributed by atoms with E-state index in [2.05, 4.69) is 25.7 Å². The second kappa shape index (κ2) is 9.47. The molecule has 2 nitrogen and oxygen atoms in total. The van der Waals surface area contributed by atoms with Crippen molar-refractivity contribution in [2.75, 3.05) is 19.7 Å². The molecule has 0 aliphatic heterocycles. The van der Waals surface area contributed by atoms with Gasteiger partial charge in [-0.05, 0) is 19.4 Å². The largest absolute Gasteiger partial charge is 0.395 e. The Morgan fingerprint density at radius 2 is 1.86 bits per heavy atom. The van der Waals surface area contributed by atoms with Crippen molar-refractivity contribution in [1.29, 1.82) is 0 Å². The first kappa shape index (κ1) is 13.9. The van der Waals surface area contributed by atoms with Gasteiger partial charge in [0.15, 0.2) is 0 Å². The van der Waals surface area contributed by atoms with Crippen LogP contribution in [0.3, 0.4) is 0 Å². The molecule has 0 aromatic rings. The Balaban J connectivity index is 3.81. The predicted molar refractivity (Wildman–Crippen MR) is 62.6 cm³/mol. The van der Waals surface area contributed by atoms with E-state index in [0.29, 0.717) is 6.04 Å². The number of aliphatic hydroxyl groups is 1. The van der Waals surface area contributed by atoms with E-state index in [1.54, 1.807) is 0 Å². The van der Waals surface area contributed by atoms with Crippen LogP contribution in [0.4, 0.5) is 0 Å². The van der Waals surface area contributed by atoms with E-state index in [4.69, 9.17) is 5.11 Å². The van der Waals surface area contributed by atoms with E-state index < -0.39 is 0 Å². The number of hydrogen-bond donors (Lipinski definition) is 1. The van der Waals surface area contributed by atoms with Gasteiger partial charge in [-0.1, -0.05) is 40.0 Å². The average molecular weight is 201 g/mol. The lowest BCUT2D eigenvalue weighted by Crippen LogP contribution is -2.36. The summed E-state index contributed by atoms with van der Waals surface area (Å²) in [5.74, 6) is 0. The smallest absolute Gasteiger partial charge is 0.0558 e. The van der Waals surface area contributed by atoms with Gasteiger partial charge in [0.2, 0.25) is 0 Å². The van der Waals surface area contributed by atoms with Gasteiger partial charge in [0.25, 0.3) is 0 Å². The fourth-order valence-electron chi connectivity index (χ4n) is 2.00. The number of hydrogen-bond acceptors (Lipinski definition) is 2. The molecule has 1 unspecified atom stereocenters. The lowest BCUT2D eigenvalue weighted by molar-refractivity contribution is 0.145. The van der Waals surface area contributed by atoms with Crippen LogP contribution in [0.2, 0.25) is 0 Å². The number of rotatable bonds is 9. The molecule has 86 valence electrons. The molecule has 0 fully saturated rings. The minimum Gasteiger partial charge on any atom is -0.395 e. The molecule has 0 saturated carbocycles. The summed E-state index contributed by atoms with van der Waals surface area (Å²) in [4.78, 5) is 2.40. The zero-order chi connectivity index (χ0) is 10.8. The van der Waals surface area contributed by atoms with Crippen LogP contribution in [-0.4, -0.2) is 35.7 Å². The summed E-state index contributed by atoms with van der Waals surface area (Å²) in [6.45, 7) is 8.85. The molecule has 14 heavy (non-hydrogen) atoms. The third-order valence-corrected chi connectivity index (χ3v) is 2.92. The second-order valence-electron chi connectivity index (χ2n) is 3.91. The molecule has 1 atom stereocenters. The highest BCUT2D eigenvalue weighted by Gasteiger charge is 2.13. The molecule has 0 aromatic heterocycles. The maximum absolute atomic E-state index is 8.94. The lowest BCUT2D eigenvalue weighted by Gasteiger charge is -2.29. The summed E-state index contributed by atoms with van der Waals surface area (Å²) in [6, 6.07) is 0.679. The van der Waals surface area contributed by atoms with Crippen molar-refractivity contribution < 1.29 is 5.11 Å². The summed E-state index contributed by atoms with van der Waals surface area (Å²) < 4.78 is 0. The first-order chi connectivity index (χ1) is 6.79. The van der Waals surface area contributed by atoms with Crippen LogP contribution in [0.5, 0.6) is 0 Å². The summed E-state index contributed by atoms with van der Waals surface area (Å²) >= 11 is 0. The van der Waals surface area contributed by atoms with E-state index in [-0.39, 0.29) is 6.61 Å². The lowest BCUT2D eigenvalue weighted by atomic mass is 10.0. The standard InChI is InChI=1S/C12H27NO/c1-4-7-8-9-12(5-2)13(6-3)10-11-14/h12,14H,4-11H2,1-3H3. The molecule has 0 amide bonds.